The monoisotopic (exact) mass is 360 g/mol. The molecule has 0 aliphatic carbocycles. The summed E-state index contributed by atoms with van der Waals surface area (Å²) >= 11 is 10.1. The molecular weight excluding hydrogens is 348 g/mol. The molecule has 0 radical (unpaired) electrons. The van der Waals surface area contributed by atoms with Crippen LogP contribution < -0.4 is 0 Å². The van der Waals surface area contributed by atoms with Gasteiger partial charge < -0.3 is 0 Å². The third kappa shape index (κ3) is 3.04. The highest BCUT2D eigenvalue weighted by Crippen LogP contribution is 2.35. The van der Waals surface area contributed by atoms with Gasteiger partial charge in [0.15, 0.2) is 0 Å². The van der Waals surface area contributed by atoms with E-state index in [1.54, 1.807) is 0 Å². The zero-order chi connectivity index (χ0) is 14.8. The fourth-order valence-electron chi connectivity index (χ4n) is 2.21. The maximum atomic E-state index is 6.34. The van der Waals surface area contributed by atoms with Gasteiger partial charge in [0.1, 0.15) is 0 Å². The van der Waals surface area contributed by atoms with Crippen molar-refractivity contribution in [3.8, 4) is 5.69 Å². The van der Waals surface area contributed by atoms with Gasteiger partial charge in [0.25, 0.3) is 0 Å². The van der Waals surface area contributed by atoms with Crippen molar-refractivity contribution in [2.24, 2.45) is 0 Å². The lowest BCUT2D eigenvalue weighted by molar-refractivity contribution is 0.880. The van der Waals surface area contributed by atoms with Crippen LogP contribution in [-0.4, -0.2) is 9.78 Å². The van der Waals surface area contributed by atoms with E-state index in [9.17, 15) is 0 Å². The molecule has 0 saturated carbocycles. The first kappa shape index (κ1) is 14.4. The summed E-state index contributed by atoms with van der Waals surface area (Å²) in [5.41, 5.74) is 4.32. The van der Waals surface area contributed by atoms with Gasteiger partial charge in [-0.05, 0) is 36.2 Å². The second-order valence-electron chi connectivity index (χ2n) is 4.94. The zero-order valence-corrected chi connectivity index (χ0v) is 13.8. The largest absolute Gasteiger partial charge is 0.241 e. The maximum Gasteiger partial charge on any atom is 0.0690 e. The highest BCUT2D eigenvalue weighted by atomic mass is 79.9. The molecule has 106 valence electrons. The molecule has 3 rings (SSSR count). The molecular formula is C17H14BrClN2. The molecule has 2 aromatic carbocycles. The predicted octanol–water partition coefficient (Wildman–Crippen LogP) is 5.32. The number of benzene rings is 2. The van der Waals surface area contributed by atoms with Crippen LogP contribution in [0.15, 0.2) is 60.9 Å². The Labute approximate surface area is 137 Å². The molecule has 21 heavy (non-hydrogen) atoms. The molecule has 0 saturated heterocycles. The lowest BCUT2D eigenvalue weighted by atomic mass is 10.1. The number of para-hydroxylation sites is 1. The minimum atomic E-state index is 0.0306. The van der Waals surface area contributed by atoms with Gasteiger partial charge >= 0.3 is 0 Å². The Morgan fingerprint density at radius 3 is 2.62 bits per heavy atom. The molecule has 0 aliphatic heterocycles. The summed E-state index contributed by atoms with van der Waals surface area (Å²) in [6.07, 6.45) is 3.88. The van der Waals surface area contributed by atoms with Gasteiger partial charge in [-0.2, -0.15) is 5.10 Å². The Kier molecular flexibility index (Phi) is 4.13. The Bertz CT molecular complexity index is 752. The fourth-order valence-corrected chi connectivity index (χ4v) is 3.32. The van der Waals surface area contributed by atoms with E-state index in [0.29, 0.717) is 0 Å². The molecule has 1 aromatic heterocycles. The molecule has 4 heteroatoms. The van der Waals surface area contributed by atoms with E-state index in [2.05, 4.69) is 33.2 Å². The fraction of sp³-hybridized carbons (Fsp3) is 0.118. The number of aryl methyl sites for hydroxylation is 1. The highest BCUT2D eigenvalue weighted by Gasteiger charge is 2.16. The van der Waals surface area contributed by atoms with Crippen molar-refractivity contribution < 1.29 is 0 Å². The summed E-state index contributed by atoms with van der Waals surface area (Å²) in [5, 5.41) is 5.19. The van der Waals surface area contributed by atoms with Crippen LogP contribution in [0.2, 0.25) is 5.02 Å². The molecule has 0 aliphatic rings. The summed E-state index contributed by atoms with van der Waals surface area (Å²) in [4.78, 5) is 0.0306. The molecule has 0 N–H and O–H groups in total. The van der Waals surface area contributed by atoms with E-state index in [1.807, 2.05) is 60.4 Å². The van der Waals surface area contributed by atoms with Crippen molar-refractivity contribution in [1.29, 1.82) is 0 Å². The molecule has 1 unspecified atom stereocenters. The summed E-state index contributed by atoms with van der Waals surface area (Å²) in [6.45, 7) is 2.03. The molecule has 3 aromatic rings. The number of rotatable bonds is 3. The minimum absolute atomic E-state index is 0.0306. The molecule has 0 fully saturated rings. The molecule has 0 spiro atoms. The van der Waals surface area contributed by atoms with Crippen molar-refractivity contribution in [3.63, 3.8) is 0 Å². The van der Waals surface area contributed by atoms with E-state index in [1.165, 1.54) is 0 Å². The number of aromatic nitrogens is 2. The van der Waals surface area contributed by atoms with Gasteiger partial charge in [-0.3, -0.25) is 0 Å². The normalized spacial score (nSPS) is 12.3. The predicted molar refractivity (Wildman–Crippen MR) is 90.5 cm³/mol. The van der Waals surface area contributed by atoms with Crippen molar-refractivity contribution in [1.82, 2.24) is 9.78 Å². The summed E-state index contributed by atoms with van der Waals surface area (Å²) < 4.78 is 1.87. The average Bonchev–Trinajstić information content (AvgIpc) is 2.97. The van der Waals surface area contributed by atoms with Crippen molar-refractivity contribution in [2.45, 2.75) is 11.8 Å². The minimum Gasteiger partial charge on any atom is -0.241 e. The Morgan fingerprint density at radius 2 is 1.90 bits per heavy atom. The first-order valence-electron chi connectivity index (χ1n) is 6.65. The van der Waals surface area contributed by atoms with Crippen LogP contribution in [0.1, 0.15) is 21.5 Å². The van der Waals surface area contributed by atoms with Gasteiger partial charge in [0.05, 0.1) is 16.7 Å². The Morgan fingerprint density at radius 1 is 1.14 bits per heavy atom. The molecule has 0 amide bonds. The second kappa shape index (κ2) is 6.04. The van der Waals surface area contributed by atoms with Crippen molar-refractivity contribution in [2.75, 3.05) is 0 Å². The van der Waals surface area contributed by atoms with Crippen molar-refractivity contribution in [3.05, 3.63) is 82.6 Å². The summed E-state index contributed by atoms with van der Waals surface area (Å²) in [5.74, 6) is 0. The third-order valence-corrected chi connectivity index (χ3v) is 4.69. The number of alkyl halides is 1. The van der Waals surface area contributed by atoms with Gasteiger partial charge in [-0.1, -0.05) is 57.9 Å². The third-order valence-electron chi connectivity index (χ3n) is 3.34. The summed E-state index contributed by atoms with van der Waals surface area (Å²) in [6, 6.07) is 16.1. The van der Waals surface area contributed by atoms with Crippen molar-refractivity contribution >= 4 is 27.5 Å². The lowest BCUT2D eigenvalue weighted by Crippen LogP contribution is -1.94. The molecule has 1 atom stereocenters. The van der Waals surface area contributed by atoms with E-state index in [4.69, 9.17) is 11.6 Å². The first-order valence-corrected chi connectivity index (χ1v) is 7.94. The van der Waals surface area contributed by atoms with Crippen LogP contribution in [-0.2, 0) is 0 Å². The van der Waals surface area contributed by atoms with Crippen LogP contribution in [0.4, 0.5) is 0 Å². The average molecular weight is 362 g/mol. The number of hydrogen-bond donors (Lipinski definition) is 0. The first-order chi connectivity index (χ1) is 10.1. The molecule has 0 bridgehead atoms. The smallest absolute Gasteiger partial charge is 0.0690 e. The molecule has 2 nitrogen and oxygen atoms in total. The maximum absolute atomic E-state index is 6.34. The van der Waals surface area contributed by atoms with Crippen LogP contribution >= 0.6 is 27.5 Å². The molecule has 1 heterocycles. The van der Waals surface area contributed by atoms with Gasteiger partial charge in [0, 0.05) is 16.8 Å². The second-order valence-corrected chi connectivity index (χ2v) is 6.26. The van der Waals surface area contributed by atoms with Gasteiger partial charge in [-0.15, -0.1) is 0 Å². The van der Waals surface area contributed by atoms with E-state index in [-0.39, 0.29) is 4.83 Å². The quantitative estimate of drug-likeness (QED) is 0.577. The van der Waals surface area contributed by atoms with E-state index >= 15 is 0 Å². The summed E-state index contributed by atoms with van der Waals surface area (Å²) in [7, 11) is 0. The standard InChI is InChI=1S/C17H14BrClN2/c1-12-7-8-15(16(19)9-12)17(18)13-10-20-21(11-13)14-5-3-2-4-6-14/h2-11,17H,1H3. The Hall–Kier alpha value is -1.58. The van der Waals surface area contributed by atoms with Gasteiger partial charge in [0.2, 0.25) is 0 Å². The zero-order valence-electron chi connectivity index (χ0n) is 11.5. The van der Waals surface area contributed by atoms with Crippen LogP contribution in [0.3, 0.4) is 0 Å². The lowest BCUT2D eigenvalue weighted by Gasteiger charge is -2.10. The van der Waals surface area contributed by atoms with Gasteiger partial charge in [-0.25, -0.2) is 4.68 Å². The highest BCUT2D eigenvalue weighted by molar-refractivity contribution is 9.09. The van der Waals surface area contributed by atoms with E-state index in [0.717, 1.165) is 27.4 Å². The van der Waals surface area contributed by atoms with Crippen LogP contribution in [0, 0.1) is 6.92 Å². The SMILES string of the molecule is Cc1ccc(C(Br)c2cnn(-c3ccccc3)c2)c(Cl)c1. The topological polar surface area (TPSA) is 17.8 Å². The van der Waals surface area contributed by atoms with E-state index < -0.39 is 0 Å². The Balaban J connectivity index is 1.92. The number of hydrogen-bond acceptors (Lipinski definition) is 1. The number of halogens is 2. The van der Waals surface area contributed by atoms with Crippen LogP contribution in [0.5, 0.6) is 0 Å². The number of nitrogens with zero attached hydrogens (tertiary/aromatic N) is 2. The van der Waals surface area contributed by atoms with Crippen LogP contribution in [0.25, 0.3) is 5.69 Å².